The number of aryl methyl sites for hydroxylation is 1. The molecule has 100 valence electrons. The monoisotopic (exact) mass is 250 g/mol. The highest BCUT2D eigenvalue weighted by atomic mass is 16.5. The Bertz CT molecular complexity index is 451. The van der Waals surface area contributed by atoms with Gasteiger partial charge < -0.3 is 4.74 Å². The number of ketones is 1. The van der Waals surface area contributed by atoms with Gasteiger partial charge in [0.2, 0.25) is 0 Å². The van der Waals surface area contributed by atoms with Gasteiger partial charge in [-0.1, -0.05) is 6.92 Å². The van der Waals surface area contributed by atoms with E-state index in [1.807, 2.05) is 25.5 Å². The Morgan fingerprint density at radius 1 is 1.44 bits per heavy atom. The van der Waals surface area contributed by atoms with Gasteiger partial charge in [-0.2, -0.15) is 5.10 Å². The summed E-state index contributed by atoms with van der Waals surface area (Å²) in [6, 6.07) is 0. The fraction of sp³-hybridized carbons (Fsp3) is 0.714. The molecule has 18 heavy (non-hydrogen) atoms. The molecule has 2 unspecified atom stereocenters. The summed E-state index contributed by atoms with van der Waals surface area (Å²) in [6.45, 7) is 8.63. The number of hydrogen-bond acceptors (Lipinski definition) is 3. The van der Waals surface area contributed by atoms with Gasteiger partial charge in [0.15, 0.2) is 5.78 Å². The summed E-state index contributed by atoms with van der Waals surface area (Å²) >= 11 is 0. The predicted octanol–water partition coefficient (Wildman–Crippen LogP) is 2.66. The Labute approximate surface area is 108 Å². The molecule has 0 bridgehead atoms. The van der Waals surface area contributed by atoms with E-state index in [4.69, 9.17) is 4.74 Å². The molecule has 1 aliphatic heterocycles. The van der Waals surface area contributed by atoms with E-state index in [9.17, 15) is 4.79 Å². The molecule has 1 aliphatic rings. The SMILES string of the molecule is CCC(=O)c1c(C)nn(CC2CCC(C)O2)c1C. The number of hydrogen-bond donors (Lipinski definition) is 0. The van der Waals surface area contributed by atoms with Crippen LogP contribution in [0.3, 0.4) is 0 Å². The maximum atomic E-state index is 11.9. The second-order valence-corrected chi connectivity index (χ2v) is 5.15. The Kier molecular flexibility index (Phi) is 3.85. The fourth-order valence-electron chi connectivity index (χ4n) is 2.67. The Morgan fingerprint density at radius 2 is 2.17 bits per heavy atom. The van der Waals surface area contributed by atoms with E-state index in [1.165, 1.54) is 0 Å². The lowest BCUT2D eigenvalue weighted by Gasteiger charge is -2.12. The zero-order valence-electron chi connectivity index (χ0n) is 11.7. The minimum Gasteiger partial charge on any atom is -0.373 e. The molecule has 1 saturated heterocycles. The third-order valence-electron chi connectivity index (χ3n) is 3.68. The third kappa shape index (κ3) is 2.48. The second kappa shape index (κ2) is 5.22. The van der Waals surface area contributed by atoms with Crippen LogP contribution < -0.4 is 0 Å². The molecule has 1 fully saturated rings. The largest absolute Gasteiger partial charge is 0.373 e. The standard InChI is InChI=1S/C14H22N2O2/c1-5-13(17)14-10(3)15-16(11(14)4)8-12-7-6-9(2)18-12/h9,12H,5-8H2,1-4H3. The second-order valence-electron chi connectivity index (χ2n) is 5.15. The summed E-state index contributed by atoms with van der Waals surface area (Å²) in [5.41, 5.74) is 2.61. The first-order valence-electron chi connectivity index (χ1n) is 6.75. The smallest absolute Gasteiger partial charge is 0.166 e. The molecule has 2 atom stereocenters. The van der Waals surface area contributed by atoms with Crippen molar-refractivity contribution in [3.8, 4) is 0 Å². The molecule has 0 saturated carbocycles. The van der Waals surface area contributed by atoms with Crippen molar-refractivity contribution in [3.05, 3.63) is 17.0 Å². The summed E-state index contributed by atoms with van der Waals surface area (Å²) in [4.78, 5) is 11.9. The van der Waals surface area contributed by atoms with Crippen LogP contribution in [0.2, 0.25) is 0 Å². The van der Waals surface area contributed by atoms with Gasteiger partial charge in [0.25, 0.3) is 0 Å². The maximum absolute atomic E-state index is 11.9. The number of nitrogens with zero attached hydrogens (tertiary/aromatic N) is 2. The van der Waals surface area contributed by atoms with Gasteiger partial charge in [-0.15, -0.1) is 0 Å². The molecule has 1 aromatic rings. The highest BCUT2D eigenvalue weighted by Crippen LogP contribution is 2.22. The number of Topliss-reactive ketones (excluding diaryl/α,β-unsaturated/α-hetero) is 1. The van der Waals surface area contributed by atoms with Crippen molar-refractivity contribution in [2.45, 2.75) is 65.7 Å². The molecule has 1 aromatic heterocycles. The van der Waals surface area contributed by atoms with Crippen LogP contribution >= 0.6 is 0 Å². The van der Waals surface area contributed by atoms with Crippen LogP contribution in [0.15, 0.2) is 0 Å². The van der Waals surface area contributed by atoms with Gasteiger partial charge in [-0.05, 0) is 33.6 Å². The molecule has 4 heteroatoms. The van der Waals surface area contributed by atoms with Crippen molar-refractivity contribution in [1.82, 2.24) is 9.78 Å². The topological polar surface area (TPSA) is 44.1 Å². The number of carbonyl (C=O) groups is 1. The lowest BCUT2D eigenvalue weighted by molar-refractivity contribution is 0.0432. The molecule has 0 aromatic carbocycles. The van der Waals surface area contributed by atoms with Gasteiger partial charge in [-0.25, -0.2) is 0 Å². The van der Waals surface area contributed by atoms with E-state index in [0.717, 1.165) is 36.3 Å². The van der Waals surface area contributed by atoms with E-state index >= 15 is 0 Å². The van der Waals surface area contributed by atoms with Crippen LogP contribution in [-0.4, -0.2) is 27.8 Å². The van der Waals surface area contributed by atoms with E-state index in [1.54, 1.807) is 0 Å². The van der Waals surface area contributed by atoms with Gasteiger partial charge >= 0.3 is 0 Å². The number of carbonyl (C=O) groups excluding carboxylic acids is 1. The van der Waals surface area contributed by atoms with Crippen LogP contribution in [0.25, 0.3) is 0 Å². The molecular weight excluding hydrogens is 228 g/mol. The number of aromatic nitrogens is 2. The molecule has 0 radical (unpaired) electrons. The van der Waals surface area contributed by atoms with Crippen LogP contribution in [0.5, 0.6) is 0 Å². The van der Waals surface area contributed by atoms with Crippen molar-refractivity contribution in [2.24, 2.45) is 0 Å². The molecular formula is C14H22N2O2. The summed E-state index contributed by atoms with van der Waals surface area (Å²) < 4.78 is 7.74. The minimum atomic E-state index is 0.178. The number of rotatable bonds is 4. The molecule has 0 spiro atoms. The minimum absolute atomic E-state index is 0.178. The van der Waals surface area contributed by atoms with E-state index in [-0.39, 0.29) is 11.9 Å². The summed E-state index contributed by atoms with van der Waals surface area (Å²) in [5.74, 6) is 0.178. The highest BCUT2D eigenvalue weighted by molar-refractivity contribution is 5.97. The van der Waals surface area contributed by atoms with E-state index in [2.05, 4.69) is 12.0 Å². The quantitative estimate of drug-likeness (QED) is 0.772. The molecule has 0 aliphatic carbocycles. The van der Waals surface area contributed by atoms with Crippen molar-refractivity contribution >= 4 is 5.78 Å². The average molecular weight is 250 g/mol. The fourth-order valence-corrected chi connectivity index (χ4v) is 2.67. The first-order chi connectivity index (χ1) is 8.52. The third-order valence-corrected chi connectivity index (χ3v) is 3.68. The zero-order valence-corrected chi connectivity index (χ0v) is 11.7. The van der Waals surface area contributed by atoms with Crippen molar-refractivity contribution in [1.29, 1.82) is 0 Å². The molecule has 4 nitrogen and oxygen atoms in total. The normalized spacial score (nSPS) is 23.6. The van der Waals surface area contributed by atoms with Crippen molar-refractivity contribution in [3.63, 3.8) is 0 Å². The maximum Gasteiger partial charge on any atom is 0.166 e. The highest BCUT2D eigenvalue weighted by Gasteiger charge is 2.24. The van der Waals surface area contributed by atoms with Crippen molar-refractivity contribution < 1.29 is 9.53 Å². The van der Waals surface area contributed by atoms with E-state index < -0.39 is 0 Å². The average Bonchev–Trinajstić information content (AvgIpc) is 2.84. The van der Waals surface area contributed by atoms with Crippen LogP contribution in [0.1, 0.15) is 54.9 Å². The molecule has 0 N–H and O–H groups in total. The number of ether oxygens (including phenoxy) is 1. The molecule has 2 heterocycles. The summed E-state index contributed by atoms with van der Waals surface area (Å²) in [5, 5.41) is 4.48. The zero-order chi connectivity index (χ0) is 13.3. The van der Waals surface area contributed by atoms with Gasteiger partial charge in [0.05, 0.1) is 30.0 Å². The summed E-state index contributed by atoms with van der Waals surface area (Å²) in [7, 11) is 0. The van der Waals surface area contributed by atoms with Gasteiger partial charge in [0, 0.05) is 12.1 Å². The Morgan fingerprint density at radius 3 is 2.72 bits per heavy atom. The Hall–Kier alpha value is -1.16. The van der Waals surface area contributed by atoms with Gasteiger partial charge in [-0.3, -0.25) is 9.48 Å². The first kappa shape index (κ1) is 13.3. The van der Waals surface area contributed by atoms with E-state index in [0.29, 0.717) is 12.5 Å². The lowest BCUT2D eigenvalue weighted by Crippen LogP contribution is -2.18. The van der Waals surface area contributed by atoms with Crippen LogP contribution in [-0.2, 0) is 11.3 Å². The molecule has 0 amide bonds. The summed E-state index contributed by atoms with van der Waals surface area (Å²) in [6.07, 6.45) is 3.32. The lowest BCUT2D eigenvalue weighted by atomic mass is 10.1. The first-order valence-corrected chi connectivity index (χ1v) is 6.75. The van der Waals surface area contributed by atoms with Crippen LogP contribution in [0, 0.1) is 13.8 Å². The predicted molar refractivity (Wildman–Crippen MR) is 69.9 cm³/mol. The van der Waals surface area contributed by atoms with Crippen molar-refractivity contribution in [2.75, 3.05) is 0 Å². The molecule has 2 rings (SSSR count). The van der Waals surface area contributed by atoms with Gasteiger partial charge in [0.1, 0.15) is 0 Å². The Balaban J connectivity index is 2.17. The van der Waals surface area contributed by atoms with Crippen LogP contribution in [0.4, 0.5) is 0 Å².